The molecule has 6 N–H and O–H groups in total. The van der Waals surface area contributed by atoms with Crippen molar-refractivity contribution in [3.8, 4) is 0 Å². The molecule has 1 aliphatic rings. The Morgan fingerprint density at radius 2 is 1.09 bits per heavy atom. The number of rotatable bonds is 33. The first-order valence-corrected chi connectivity index (χ1v) is 22.0. The second kappa shape index (κ2) is 32.4. The highest BCUT2D eigenvalue weighted by atomic mass is 31.2. The average Bonchev–Trinajstić information content (AvgIpc) is 3.15. The maximum atomic E-state index is 12.8. The van der Waals surface area contributed by atoms with Gasteiger partial charge in [-0.15, -0.1) is 0 Å². The number of carbonyl (C=O) groups is 1. The molecule has 1 aliphatic carbocycles. The first-order valence-electron chi connectivity index (χ1n) is 20.5. The molecule has 6 unspecified atom stereocenters. The summed E-state index contributed by atoms with van der Waals surface area (Å²) in [6.45, 7) is 4.04. The largest absolute Gasteiger partial charge is 0.472 e. The molecule has 0 aromatic heterocycles. The predicted octanol–water partition coefficient (Wildman–Crippen LogP) is 7.30. The van der Waals surface area contributed by atoms with E-state index in [1.165, 1.54) is 44.9 Å². The molecule has 314 valence electrons. The minimum absolute atomic E-state index is 0.0981. The zero-order valence-electron chi connectivity index (χ0n) is 33.0. The molecule has 13 heteroatoms. The van der Waals surface area contributed by atoms with Crippen LogP contribution < -0.4 is 0 Å². The van der Waals surface area contributed by atoms with Crippen molar-refractivity contribution in [2.24, 2.45) is 0 Å². The number of ether oxygens (including phenoxy) is 2. The van der Waals surface area contributed by atoms with Crippen LogP contribution in [0.5, 0.6) is 0 Å². The molecule has 0 amide bonds. The van der Waals surface area contributed by atoms with E-state index in [1.807, 2.05) is 0 Å². The van der Waals surface area contributed by atoms with Gasteiger partial charge in [-0.3, -0.25) is 13.8 Å². The van der Waals surface area contributed by atoms with Crippen molar-refractivity contribution in [2.45, 2.75) is 185 Å². The van der Waals surface area contributed by atoms with E-state index in [9.17, 15) is 39.8 Å². The fraction of sp³-hybridized carbons (Fsp3) is 0.780. The molecule has 6 atom stereocenters. The zero-order chi connectivity index (χ0) is 39.9. The second-order valence-electron chi connectivity index (χ2n) is 14.1. The molecule has 1 rings (SSSR count). The van der Waals surface area contributed by atoms with E-state index in [2.05, 4.69) is 62.5 Å². The molecule has 0 bridgehead atoms. The number of esters is 1. The van der Waals surface area contributed by atoms with E-state index in [1.54, 1.807) is 0 Å². The molecule has 12 nitrogen and oxygen atoms in total. The summed E-state index contributed by atoms with van der Waals surface area (Å²) < 4.78 is 34.0. The van der Waals surface area contributed by atoms with E-state index in [4.69, 9.17) is 18.5 Å². The lowest BCUT2D eigenvalue weighted by molar-refractivity contribution is -0.220. The zero-order valence-corrected chi connectivity index (χ0v) is 33.9. The Kier molecular flexibility index (Phi) is 30.2. The lowest BCUT2D eigenvalue weighted by Gasteiger charge is -2.41. The van der Waals surface area contributed by atoms with Gasteiger partial charge in [0.05, 0.1) is 13.2 Å². The Bertz CT molecular complexity index is 1080. The number of phosphoric acid groups is 1. The van der Waals surface area contributed by atoms with Crippen LogP contribution in [0.15, 0.2) is 48.6 Å². The minimum atomic E-state index is -5.02. The van der Waals surface area contributed by atoms with Gasteiger partial charge in [-0.05, 0) is 51.4 Å². The van der Waals surface area contributed by atoms with Crippen LogP contribution >= 0.6 is 7.82 Å². The van der Waals surface area contributed by atoms with Gasteiger partial charge in [-0.25, -0.2) is 4.57 Å². The number of unbranched alkanes of at least 4 members (excludes halogenated alkanes) is 13. The molecule has 1 fully saturated rings. The van der Waals surface area contributed by atoms with Gasteiger partial charge in [-0.1, -0.05) is 133 Å². The molecule has 0 aliphatic heterocycles. The van der Waals surface area contributed by atoms with Gasteiger partial charge in [-0.2, -0.15) is 0 Å². The van der Waals surface area contributed by atoms with Gasteiger partial charge in [0, 0.05) is 13.0 Å². The highest BCUT2D eigenvalue weighted by Crippen LogP contribution is 2.47. The highest BCUT2D eigenvalue weighted by molar-refractivity contribution is 7.47. The first-order chi connectivity index (χ1) is 26.0. The van der Waals surface area contributed by atoms with Crippen molar-refractivity contribution >= 4 is 13.8 Å². The summed E-state index contributed by atoms with van der Waals surface area (Å²) in [4.78, 5) is 23.0. The molecule has 0 spiro atoms. The van der Waals surface area contributed by atoms with Gasteiger partial charge in [0.25, 0.3) is 0 Å². The van der Waals surface area contributed by atoms with Crippen LogP contribution in [0.3, 0.4) is 0 Å². The number of allylic oxidation sites excluding steroid dienone is 8. The van der Waals surface area contributed by atoms with E-state index < -0.39 is 63.1 Å². The first kappa shape index (κ1) is 50.3. The van der Waals surface area contributed by atoms with Crippen LogP contribution in [0.1, 0.15) is 142 Å². The highest BCUT2D eigenvalue weighted by Gasteiger charge is 2.51. The molecule has 54 heavy (non-hydrogen) atoms. The molecular weight excluding hydrogens is 715 g/mol. The summed E-state index contributed by atoms with van der Waals surface area (Å²) in [6.07, 6.45) is 24.8. The molecule has 0 aromatic rings. The molecule has 1 saturated carbocycles. The number of phosphoric ester groups is 1. The topological polar surface area (TPSA) is 192 Å². The molecular formula is C41H73O12P. The summed E-state index contributed by atoms with van der Waals surface area (Å²) in [6, 6.07) is 0. The van der Waals surface area contributed by atoms with E-state index in [0.29, 0.717) is 13.0 Å². The smallest absolute Gasteiger partial charge is 0.457 e. The van der Waals surface area contributed by atoms with E-state index in [0.717, 1.165) is 70.6 Å². The summed E-state index contributed by atoms with van der Waals surface area (Å²) in [5, 5.41) is 50.0. The average molecular weight is 789 g/mol. The third-order valence-corrected chi connectivity index (χ3v) is 10.2. The van der Waals surface area contributed by atoms with Crippen molar-refractivity contribution in [1.29, 1.82) is 0 Å². The molecule has 0 saturated heterocycles. The van der Waals surface area contributed by atoms with Crippen LogP contribution in [0, 0.1) is 0 Å². The fourth-order valence-corrected chi connectivity index (χ4v) is 6.91. The summed E-state index contributed by atoms with van der Waals surface area (Å²) in [7, 11) is -5.02. The predicted molar refractivity (Wildman–Crippen MR) is 212 cm³/mol. The monoisotopic (exact) mass is 788 g/mol. The van der Waals surface area contributed by atoms with Crippen LogP contribution in [0.25, 0.3) is 0 Å². The van der Waals surface area contributed by atoms with Crippen molar-refractivity contribution < 1.29 is 58.3 Å². The standard InChI is InChI=1S/C41H73O12P/c1-3-5-7-9-11-13-15-16-17-18-19-21-23-25-27-29-31-50-32-34(52-35(42)30-28-26-24-22-20-14-12-10-8-6-4-2)33-51-54(48,49)53-41-39(46)37(44)36(43)38(45)40(41)47/h5,7,11,13,16-17,19,21,34,36-41,43-47H,3-4,6,8-10,12,14-15,18,20,22-33H2,1-2H3,(H,48,49)/b7-5-,13-11-,17-16-,21-19-. The Hall–Kier alpha value is -1.70. The molecule has 0 radical (unpaired) electrons. The number of aliphatic hydroxyl groups is 5. The van der Waals surface area contributed by atoms with Gasteiger partial charge < -0.3 is 39.9 Å². The van der Waals surface area contributed by atoms with Crippen molar-refractivity contribution in [3.05, 3.63) is 48.6 Å². The minimum Gasteiger partial charge on any atom is -0.457 e. The van der Waals surface area contributed by atoms with E-state index >= 15 is 0 Å². The number of hydrogen-bond acceptors (Lipinski definition) is 11. The maximum Gasteiger partial charge on any atom is 0.472 e. The van der Waals surface area contributed by atoms with Crippen molar-refractivity contribution in [2.75, 3.05) is 19.8 Å². The second-order valence-corrected chi connectivity index (χ2v) is 15.5. The lowest BCUT2D eigenvalue weighted by atomic mass is 9.85. The fourth-order valence-electron chi connectivity index (χ4n) is 5.93. The van der Waals surface area contributed by atoms with Gasteiger partial charge in [0.1, 0.15) is 42.7 Å². The number of hydrogen-bond donors (Lipinski definition) is 6. The van der Waals surface area contributed by atoms with Crippen LogP contribution in [-0.4, -0.2) is 98.9 Å². The third kappa shape index (κ3) is 24.7. The molecule has 0 heterocycles. The quantitative estimate of drug-likeness (QED) is 0.0169. The van der Waals surface area contributed by atoms with Crippen LogP contribution in [-0.2, 0) is 27.9 Å². The third-order valence-electron chi connectivity index (χ3n) is 9.22. The van der Waals surface area contributed by atoms with Crippen LogP contribution in [0.4, 0.5) is 0 Å². The SMILES string of the molecule is CC/C=C\C/C=C\C/C=C\C/C=C\CCCCCOCC(COP(=O)(O)OC1C(O)C(O)C(O)C(O)C1O)OC(=O)CCCCCCCCCCCCC. The Balaban J connectivity index is 2.48. The Morgan fingerprint density at radius 1 is 0.611 bits per heavy atom. The number of carbonyl (C=O) groups excluding carboxylic acids is 1. The summed E-state index contributed by atoms with van der Waals surface area (Å²) >= 11 is 0. The molecule has 0 aromatic carbocycles. The van der Waals surface area contributed by atoms with Gasteiger partial charge >= 0.3 is 13.8 Å². The maximum absolute atomic E-state index is 12.8. The summed E-state index contributed by atoms with van der Waals surface area (Å²) in [5.74, 6) is -0.492. The van der Waals surface area contributed by atoms with Crippen molar-refractivity contribution in [1.82, 2.24) is 0 Å². The Morgan fingerprint density at radius 3 is 1.65 bits per heavy atom. The van der Waals surface area contributed by atoms with Crippen molar-refractivity contribution in [3.63, 3.8) is 0 Å². The normalized spacial score (nSPS) is 23.9. The van der Waals surface area contributed by atoms with Gasteiger partial charge in [0.2, 0.25) is 0 Å². The Labute approximate surface area is 325 Å². The van der Waals surface area contributed by atoms with Crippen LogP contribution in [0.2, 0.25) is 0 Å². The summed E-state index contributed by atoms with van der Waals surface area (Å²) in [5.41, 5.74) is 0. The van der Waals surface area contributed by atoms with Gasteiger partial charge in [0.15, 0.2) is 0 Å². The van der Waals surface area contributed by atoms with E-state index in [-0.39, 0.29) is 13.0 Å². The lowest BCUT2D eigenvalue weighted by Crippen LogP contribution is -2.64. The number of aliphatic hydroxyl groups excluding tert-OH is 5.